The zero-order valence-corrected chi connectivity index (χ0v) is 31.4. The Morgan fingerprint density at radius 1 is 0.782 bits per heavy atom. The molecule has 2 fully saturated rings. The van der Waals surface area contributed by atoms with Crippen molar-refractivity contribution in [1.82, 2.24) is 40.0 Å². The Balaban J connectivity index is 1.00. The molecular formula is C43H50N8O4. The van der Waals surface area contributed by atoms with Gasteiger partial charge in [-0.2, -0.15) is 0 Å². The molecule has 0 unspecified atom stereocenters. The molecule has 2 aromatic heterocycles. The number of amides is 3. The van der Waals surface area contributed by atoms with Crippen molar-refractivity contribution in [2.45, 2.75) is 70.6 Å². The number of imidazole rings is 2. The Morgan fingerprint density at radius 3 is 1.76 bits per heavy atom. The van der Waals surface area contributed by atoms with Gasteiger partial charge in [-0.15, -0.1) is 0 Å². The molecule has 4 heterocycles. The van der Waals surface area contributed by atoms with Gasteiger partial charge in [-0.3, -0.25) is 14.5 Å². The number of nitrogens with zero attached hydrogens (tertiary/aromatic N) is 5. The topological polar surface area (TPSA) is 140 Å². The summed E-state index contributed by atoms with van der Waals surface area (Å²) in [4.78, 5) is 61.6. The minimum Gasteiger partial charge on any atom is -0.453 e. The van der Waals surface area contributed by atoms with Crippen molar-refractivity contribution in [3.63, 3.8) is 0 Å². The molecule has 12 heteroatoms. The van der Waals surface area contributed by atoms with Crippen molar-refractivity contribution in [3.8, 4) is 33.6 Å². The minimum atomic E-state index is -0.876. The fraction of sp³-hybridized carbons (Fsp3) is 0.372. The highest BCUT2D eigenvalue weighted by molar-refractivity contribution is 5.87. The van der Waals surface area contributed by atoms with Crippen molar-refractivity contribution in [2.75, 3.05) is 33.3 Å². The van der Waals surface area contributed by atoms with Crippen LogP contribution in [0.2, 0.25) is 0 Å². The highest BCUT2D eigenvalue weighted by Gasteiger charge is 2.38. The zero-order valence-electron chi connectivity index (χ0n) is 33.4. The number of benzene rings is 3. The van der Waals surface area contributed by atoms with Gasteiger partial charge in [-0.05, 0) is 73.5 Å². The Kier molecular flexibility index (Phi) is 10.6. The van der Waals surface area contributed by atoms with Crippen molar-refractivity contribution >= 4 is 17.9 Å². The third-order valence-corrected chi connectivity index (χ3v) is 10.9. The molecule has 3 aromatic carbocycles. The van der Waals surface area contributed by atoms with Gasteiger partial charge in [0.25, 0.3) is 5.91 Å². The van der Waals surface area contributed by atoms with Crippen molar-refractivity contribution in [2.24, 2.45) is 0 Å². The first-order valence-electron chi connectivity index (χ1n) is 20.3. The first-order valence-corrected chi connectivity index (χ1v) is 18.9. The highest BCUT2D eigenvalue weighted by Crippen LogP contribution is 2.36. The summed E-state index contributed by atoms with van der Waals surface area (Å²) in [5.74, 6) is 1.29. The summed E-state index contributed by atoms with van der Waals surface area (Å²) in [6.07, 6.45) is 6.28. The Labute approximate surface area is 325 Å². The average molecular weight is 745 g/mol. The second kappa shape index (κ2) is 16.7. The Morgan fingerprint density at radius 2 is 1.27 bits per heavy atom. The zero-order chi connectivity index (χ0) is 39.9. The SMILES string of the molecule is [2H]CCN(CC[2H])[C@@H](C)C(=O)N1CCC[C@H]1c1ncc(-c2ccc(-c3ccc(-c4cnc([C@@H]5CCCN5C(=O)[C@H](NC(=O)OC)c5ccccc5)[nH]4)cc3)cc2)[nH]1. The lowest BCUT2D eigenvalue weighted by atomic mass is 10.0. The number of aromatic nitrogens is 4. The molecule has 4 atom stereocenters. The van der Waals surface area contributed by atoms with Crippen molar-refractivity contribution in [3.05, 3.63) is 108 Å². The highest BCUT2D eigenvalue weighted by atomic mass is 16.5. The van der Waals surface area contributed by atoms with Crippen LogP contribution < -0.4 is 5.32 Å². The molecule has 3 amide bonds. The fourth-order valence-electron chi connectivity index (χ4n) is 7.79. The van der Waals surface area contributed by atoms with Gasteiger partial charge in [-0.25, -0.2) is 14.8 Å². The van der Waals surface area contributed by atoms with E-state index < -0.39 is 12.1 Å². The maximum absolute atomic E-state index is 13.9. The summed E-state index contributed by atoms with van der Waals surface area (Å²) in [7, 11) is 1.28. The van der Waals surface area contributed by atoms with E-state index >= 15 is 0 Å². The van der Waals surface area contributed by atoms with Crippen LogP contribution in [-0.2, 0) is 14.3 Å². The van der Waals surface area contributed by atoms with Gasteiger partial charge in [0.1, 0.15) is 17.7 Å². The van der Waals surface area contributed by atoms with Gasteiger partial charge in [-0.1, -0.05) is 92.7 Å². The molecule has 2 aliphatic heterocycles. The van der Waals surface area contributed by atoms with E-state index in [-0.39, 0.29) is 43.7 Å². The lowest BCUT2D eigenvalue weighted by Gasteiger charge is -2.31. The predicted molar refractivity (Wildman–Crippen MR) is 212 cm³/mol. The van der Waals surface area contributed by atoms with Crippen LogP contribution in [0.15, 0.2) is 91.3 Å². The molecule has 0 spiro atoms. The standard InChI is InChI=1S/C43H50N8O4/c1-5-49(6-2)28(3)41(52)50-24-10-14-36(50)39-44-26-34(46-39)31-20-16-29(17-21-31)30-18-22-32(23-19-30)35-27-45-40(47-35)37-15-11-25-51(37)42(53)38(48-43(54)55-4)33-12-8-7-9-13-33/h7-9,12-13,16-23,26-28,36-38H,5-6,10-11,14-15,24-25H2,1-4H3,(H,44,46)(H,45,47)(H,48,54)/t28-,36-,37-,38+/m0/s1/i1D,2D. The molecule has 0 saturated carbocycles. The normalized spacial score (nSPS) is 18.5. The third kappa shape index (κ3) is 7.91. The lowest BCUT2D eigenvalue weighted by molar-refractivity contribution is -0.137. The number of methoxy groups -OCH3 is 1. The third-order valence-electron chi connectivity index (χ3n) is 10.9. The van der Waals surface area contributed by atoms with Crippen LogP contribution >= 0.6 is 0 Å². The van der Waals surface area contributed by atoms with Gasteiger partial charge in [0.2, 0.25) is 5.91 Å². The minimum absolute atomic E-state index is 0.0247. The summed E-state index contributed by atoms with van der Waals surface area (Å²) >= 11 is 0. The van der Waals surface area contributed by atoms with Crippen LogP contribution in [0.5, 0.6) is 0 Å². The number of ether oxygens (including phenoxy) is 1. The van der Waals surface area contributed by atoms with Crippen molar-refractivity contribution in [1.29, 1.82) is 0 Å². The molecule has 2 saturated heterocycles. The predicted octanol–water partition coefficient (Wildman–Crippen LogP) is 7.29. The largest absolute Gasteiger partial charge is 0.453 e. The monoisotopic (exact) mass is 744 g/mol. The lowest BCUT2D eigenvalue weighted by Crippen LogP contribution is -2.46. The van der Waals surface area contributed by atoms with Gasteiger partial charge >= 0.3 is 6.09 Å². The number of nitrogens with one attached hydrogen (secondary N) is 3. The molecule has 55 heavy (non-hydrogen) atoms. The number of likely N-dealkylation sites (N-methyl/N-ethyl adjacent to an activating group) is 1. The van der Waals surface area contributed by atoms with Crippen LogP contribution in [0.25, 0.3) is 33.6 Å². The molecule has 2 aliphatic rings. The molecule has 0 aliphatic carbocycles. The van der Waals surface area contributed by atoms with E-state index in [0.29, 0.717) is 37.6 Å². The summed E-state index contributed by atoms with van der Waals surface area (Å²) in [6.45, 7) is 4.45. The van der Waals surface area contributed by atoms with Gasteiger partial charge in [0, 0.05) is 15.8 Å². The van der Waals surface area contributed by atoms with Crippen LogP contribution in [0.4, 0.5) is 4.79 Å². The number of likely N-dealkylation sites (tertiary alicyclic amines) is 2. The smallest absolute Gasteiger partial charge is 0.407 e. The average Bonchev–Trinajstić information content (AvgIpc) is 4.10. The second-order valence-electron chi connectivity index (χ2n) is 14.1. The molecule has 7 rings (SSSR count). The van der Waals surface area contributed by atoms with Gasteiger partial charge in [0.15, 0.2) is 0 Å². The molecule has 286 valence electrons. The van der Waals surface area contributed by atoms with E-state index in [4.69, 9.17) is 17.4 Å². The van der Waals surface area contributed by atoms with E-state index in [0.717, 1.165) is 65.1 Å². The van der Waals surface area contributed by atoms with E-state index in [2.05, 4.69) is 63.8 Å². The fourth-order valence-corrected chi connectivity index (χ4v) is 7.79. The van der Waals surface area contributed by atoms with E-state index in [1.165, 1.54) is 7.11 Å². The second-order valence-corrected chi connectivity index (χ2v) is 14.1. The van der Waals surface area contributed by atoms with E-state index in [1.807, 2.05) is 53.3 Å². The van der Waals surface area contributed by atoms with Crippen LogP contribution in [-0.4, -0.2) is 91.9 Å². The maximum atomic E-state index is 13.9. The number of alkyl carbamates (subject to hydrolysis) is 1. The molecular weight excluding hydrogens is 693 g/mol. The molecule has 5 aromatic rings. The number of hydrogen-bond donors (Lipinski definition) is 3. The maximum Gasteiger partial charge on any atom is 0.407 e. The van der Waals surface area contributed by atoms with Crippen LogP contribution in [0.3, 0.4) is 0 Å². The number of hydrogen-bond acceptors (Lipinski definition) is 7. The summed E-state index contributed by atoms with van der Waals surface area (Å²) in [5.41, 5.74) is 6.51. The number of carbonyl (C=O) groups excluding carboxylic acids is 3. The van der Waals surface area contributed by atoms with E-state index in [9.17, 15) is 14.4 Å². The molecule has 0 bridgehead atoms. The van der Waals surface area contributed by atoms with Gasteiger partial charge < -0.3 is 29.8 Å². The van der Waals surface area contributed by atoms with Crippen molar-refractivity contribution < 1.29 is 21.9 Å². The Hall–Kier alpha value is -5.75. The number of rotatable bonds is 12. The first-order chi connectivity index (χ1) is 27.8. The number of aromatic amines is 2. The summed E-state index contributed by atoms with van der Waals surface area (Å²) < 4.78 is 20.1. The summed E-state index contributed by atoms with van der Waals surface area (Å²) in [6, 6.07) is 24.1. The Bertz CT molecular complexity index is 2120. The number of carbonyl (C=O) groups is 3. The molecule has 12 nitrogen and oxygen atoms in total. The van der Waals surface area contributed by atoms with E-state index in [1.54, 1.807) is 11.1 Å². The van der Waals surface area contributed by atoms with Crippen LogP contribution in [0, 0.1) is 0 Å². The van der Waals surface area contributed by atoms with Crippen LogP contribution in [0.1, 0.15) is 84.5 Å². The molecule has 3 N–H and O–H groups in total. The molecule has 0 radical (unpaired) electrons. The van der Waals surface area contributed by atoms with Gasteiger partial charge in [0.05, 0.1) is 49.0 Å². The number of H-pyrrole nitrogens is 2. The summed E-state index contributed by atoms with van der Waals surface area (Å²) in [5, 5.41) is 2.71. The quantitative estimate of drug-likeness (QED) is 0.122. The first kappa shape index (κ1) is 35.0.